The fourth-order valence-corrected chi connectivity index (χ4v) is 3.74. The number of carbonyl (C=O) groups is 5. The van der Waals surface area contributed by atoms with Crippen LogP contribution in [0.5, 0.6) is 0 Å². The van der Waals surface area contributed by atoms with Crippen LogP contribution in [0.1, 0.15) is 51.4 Å². The third-order valence-corrected chi connectivity index (χ3v) is 6.03. The normalized spacial score (nSPS) is 13.9. The first-order chi connectivity index (χ1) is 17.9. The van der Waals surface area contributed by atoms with Crippen molar-refractivity contribution in [2.45, 2.75) is 75.5 Å². The first-order valence-electron chi connectivity index (χ1n) is 12.3. The molecule has 0 fully saturated rings. The number of amides is 3. The Balaban J connectivity index is 5.42. The minimum absolute atomic E-state index is 0.0984. The summed E-state index contributed by atoms with van der Waals surface area (Å²) in [6, 6.07) is -4.57. The molecule has 4 atom stereocenters. The van der Waals surface area contributed by atoms with E-state index < -0.39 is 60.2 Å². The fraction of sp³-hybridized carbons (Fsp3) is 0.727. The molecule has 0 rings (SSSR count). The molecule has 0 heterocycles. The van der Waals surface area contributed by atoms with E-state index in [-0.39, 0.29) is 38.2 Å². The molecular formula is C22H42N8O7S. The highest BCUT2D eigenvalue weighted by molar-refractivity contribution is 7.98. The van der Waals surface area contributed by atoms with Gasteiger partial charge in [-0.1, -0.05) is 0 Å². The van der Waals surface area contributed by atoms with Gasteiger partial charge in [-0.25, -0.2) is 4.79 Å². The van der Waals surface area contributed by atoms with Crippen LogP contribution in [0.4, 0.5) is 0 Å². The van der Waals surface area contributed by atoms with Gasteiger partial charge in [0.2, 0.25) is 17.7 Å². The summed E-state index contributed by atoms with van der Waals surface area (Å²) < 4.78 is 0. The molecule has 13 N–H and O–H groups in total. The average Bonchev–Trinajstić information content (AvgIpc) is 2.85. The number of rotatable bonds is 21. The molecule has 0 saturated heterocycles. The van der Waals surface area contributed by atoms with Crippen LogP contribution in [0.3, 0.4) is 0 Å². The second-order valence-corrected chi connectivity index (χ2v) is 9.56. The number of guanidine groups is 1. The quantitative estimate of drug-likeness (QED) is 0.0404. The maximum atomic E-state index is 13.0. The summed E-state index contributed by atoms with van der Waals surface area (Å²) in [6.45, 7) is 0.637. The van der Waals surface area contributed by atoms with Crippen molar-refractivity contribution in [1.82, 2.24) is 16.0 Å². The van der Waals surface area contributed by atoms with Crippen LogP contribution in [-0.2, 0) is 24.0 Å². The predicted molar refractivity (Wildman–Crippen MR) is 144 cm³/mol. The Morgan fingerprint density at radius 1 is 0.816 bits per heavy atom. The Kier molecular flexibility index (Phi) is 18.3. The number of thioether (sulfide) groups is 1. The van der Waals surface area contributed by atoms with Crippen molar-refractivity contribution in [2.24, 2.45) is 27.9 Å². The Morgan fingerprint density at radius 2 is 1.39 bits per heavy atom. The molecule has 4 unspecified atom stereocenters. The molecule has 0 aliphatic rings. The van der Waals surface area contributed by atoms with E-state index in [4.69, 9.17) is 28.0 Å². The number of nitrogens with zero attached hydrogens (tertiary/aromatic N) is 1. The molecule has 0 aromatic heterocycles. The van der Waals surface area contributed by atoms with Crippen molar-refractivity contribution in [3.8, 4) is 0 Å². The van der Waals surface area contributed by atoms with Crippen LogP contribution in [-0.4, -0.2) is 95.1 Å². The zero-order valence-electron chi connectivity index (χ0n) is 21.7. The van der Waals surface area contributed by atoms with Crippen molar-refractivity contribution < 1.29 is 34.2 Å². The average molecular weight is 563 g/mol. The molecule has 38 heavy (non-hydrogen) atoms. The molecule has 0 bridgehead atoms. The van der Waals surface area contributed by atoms with E-state index in [0.29, 0.717) is 31.6 Å². The van der Waals surface area contributed by atoms with Gasteiger partial charge in [0.15, 0.2) is 5.96 Å². The Labute approximate surface area is 226 Å². The Hall–Kier alpha value is -3.11. The van der Waals surface area contributed by atoms with Crippen molar-refractivity contribution in [1.29, 1.82) is 0 Å². The molecule has 0 aromatic carbocycles. The summed E-state index contributed by atoms with van der Waals surface area (Å²) in [6.07, 6.45) is 3.15. The number of unbranched alkanes of at least 4 members (excludes halogenated alkanes) is 1. The van der Waals surface area contributed by atoms with Gasteiger partial charge < -0.3 is 49.1 Å². The second kappa shape index (κ2) is 19.9. The molecule has 0 radical (unpaired) electrons. The van der Waals surface area contributed by atoms with Crippen LogP contribution in [0.2, 0.25) is 0 Å². The first kappa shape index (κ1) is 34.9. The summed E-state index contributed by atoms with van der Waals surface area (Å²) in [5, 5.41) is 25.9. The number of nitrogens with two attached hydrogens (primary N) is 4. The lowest BCUT2D eigenvalue weighted by molar-refractivity contribution is -0.142. The lowest BCUT2D eigenvalue weighted by atomic mass is 10.1. The summed E-state index contributed by atoms with van der Waals surface area (Å²) >= 11 is 1.41. The minimum atomic E-state index is -1.29. The summed E-state index contributed by atoms with van der Waals surface area (Å²) in [4.78, 5) is 65.0. The van der Waals surface area contributed by atoms with Crippen molar-refractivity contribution in [2.75, 3.05) is 25.1 Å². The van der Waals surface area contributed by atoms with Gasteiger partial charge in [-0.15, -0.1) is 0 Å². The van der Waals surface area contributed by atoms with Crippen molar-refractivity contribution in [3.63, 3.8) is 0 Å². The van der Waals surface area contributed by atoms with Gasteiger partial charge in [0, 0.05) is 13.0 Å². The highest BCUT2D eigenvalue weighted by Crippen LogP contribution is 2.07. The van der Waals surface area contributed by atoms with E-state index >= 15 is 0 Å². The molecule has 0 aromatic rings. The minimum Gasteiger partial charge on any atom is -0.481 e. The van der Waals surface area contributed by atoms with Gasteiger partial charge in [-0.05, 0) is 63.5 Å². The third-order valence-electron chi connectivity index (χ3n) is 5.39. The molecule has 0 spiro atoms. The first-order valence-corrected chi connectivity index (χ1v) is 13.7. The van der Waals surface area contributed by atoms with Crippen molar-refractivity contribution in [3.05, 3.63) is 0 Å². The largest absolute Gasteiger partial charge is 0.481 e. The van der Waals surface area contributed by atoms with Gasteiger partial charge in [-0.3, -0.25) is 24.2 Å². The zero-order chi connectivity index (χ0) is 29.1. The van der Waals surface area contributed by atoms with Gasteiger partial charge in [0.25, 0.3) is 0 Å². The number of carboxylic acid groups (broad SMARTS) is 2. The SMILES string of the molecule is CSCCC(NC(=O)C(CCC(=O)O)NC(=O)C(N)CCCN=C(N)N)C(=O)NC(CCCCN)C(=O)O. The van der Waals surface area contributed by atoms with Gasteiger partial charge in [0.1, 0.15) is 18.1 Å². The number of carbonyl (C=O) groups excluding carboxylic acids is 3. The topological polar surface area (TPSA) is 278 Å². The molecular weight excluding hydrogens is 520 g/mol. The molecule has 16 heteroatoms. The van der Waals surface area contributed by atoms with Crippen LogP contribution >= 0.6 is 11.8 Å². The molecule has 15 nitrogen and oxygen atoms in total. The van der Waals surface area contributed by atoms with Crippen LogP contribution < -0.4 is 38.9 Å². The maximum absolute atomic E-state index is 13.0. The number of aliphatic imine (C=N–C) groups is 1. The molecule has 218 valence electrons. The number of carboxylic acids is 2. The predicted octanol–water partition coefficient (Wildman–Crippen LogP) is -2.35. The van der Waals surface area contributed by atoms with Crippen LogP contribution in [0.15, 0.2) is 4.99 Å². The van der Waals surface area contributed by atoms with Gasteiger partial charge >= 0.3 is 11.9 Å². The fourth-order valence-electron chi connectivity index (χ4n) is 3.27. The Morgan fingerprint density at radius 3 is 1.92 bits per heavy atom. The smallest absolute Gasteiger partial charge is 0.326 e. The van der Waals surface area contributed by atoms with Crippen LogP contribution in [0, 0.1) is 0 Å². The zero-order valence-corrected chi connectivity index (χ0v) is 22.5. The lowest BCUT2D eigenvalue weighted by Gasteiger charge is -2.25. The van der Waals surface area contributed by atoms with Gasteiger partial charge in [-0.2, -0.15) is 11.8 Å². The van der Waals surface area contributed by atoms with Crippen LogP contribution in [0.25, 0.3) is 0 Å². The monoisotopic (exact) mass is 562 g/mol. The van der Waals surface area contributed by atoms with E-state index in [1.54, 1.807) is 6.26 Å². The highest BCUT2D eigenvalue weighted by Gasteiger charge is 2.30. The number of hydrogen-bond acceptors (Lipinski definition) is 9. The lowest BCUT2D eigenvalue weighted by Crippen LogP contribution is -2.57. The number of aliphatic carboxylic acids is 2. The van der Waals surface area contributed by atoms with Gasteiger partial charge in [0.05, 0.1) is 6.04 Å². The molecule has 0 saturated carbocycles. The van der Waals surface area contributed by atoms with E-state index in [1.165, 1.54) is 11.8 Å². The van der Waals surface area contributed by atoms with E-state index in [9.17, 15) is 29.1 Å². The third kappa shape index (κ3) is 15.9. The number of nitrogens with one attached hydrogen (secondary N) is 3. The van der Waals surface area contributed by atoms with E-state index in [1.807, 2.05) is 0 Å². The summed E-state index contributed by atoms with van der Waals surface area (Å²) in [7, 11) is 0. The standard InChI is InChI=1S/C22H42N8O7S/c1-38-12-9-15(20(35)30-16(21(36)37)6-2-3-10-23)29-19(34)14(7-8-17(31)32)28-18(33)13(24)5-4-11-27-22(25)26/h13-16H,2-12,23-24H2,1H3,(H,28,33)(H,29,34)(H,30,35)(H,31,32)(H,36,37)(H4,25,26,27). The molecule has 0 aliphatic carbocycles. The van der Waals surface area contributed by atoms with Crippen molar-refractivity contribution >= 4 is 47.4 Å². The number of hydrogen-bond donors (Lipinski definition) is 9. The second-order valence-electron chi connectivity index (χ2n) is 8.58. The summed E-state index contributed by atoms with van der Waals surface area (Å²) in [5.41, 5.74) is 21.8. The molecule has 0 aliphatic heterocycles. The molecule has 3 amide bonds. The maximum Gasteiger partial charge on any atom is 0.326 e. The summed E-state index contributed by atoms with van der Waals surface area (Å²) in [5.74, 6) is -4.20. The highest BCUT2D eigenvalue weighted by atomic mass is 32.2. The van der Waals surface area contributed by atoms with E-state index in [2.05, 4.69) is 20.9 Å². The van der Waals surface area contributed by atoms with E-state index in [0.717, 1.165) is 0 Å². The Bertz CT molecular complexity index is 811.